The average molecular weight is 348 g/mol. The molecule has 136 valence electrons. The van der Waals surface area contributed by atoms with E-state index >= 15 is 0 Å². The van der Waals surface area contributed by atoms with Gasteiger partial charge >= 0.3 is 5.97 Å². The second-order valence-corrected chi connectivity index (χ2v) is 6.93. The summed E-state index contributed by atoms with van der Waals surface area (Å²) < 4.78 is 1.69. The van der Waals surface area contributed by atoms with Crippen LogP contribution in [0.2, 0.25) is 0 Å². The molecule has 1 atom stereocenters. The SMILES string of the molecule is CCn1nc(C)cc1C(=O)N1CCC2(CC1)[C@@H](C(=O)O)CC(=O)N2C. The number of piperidine rings is 1. The number of carboxylic acid groups (broad SMARTS) is 1. The molecule has 2 fully saturated rings. The van der Waals surface area contributed by atoms with E-state index in [-0.39, 0.29) is 18.2 Å². The number of aliphatic carboxylic acids is 1. The zero-order valence-electron chi connectivity index (χ0n) is 14.9. The van der Waals surface area contributed by atoms with Gasteiger partial charge in [0.15, 0.2) is 0 Å². The number of carbonyl (C=O) groups excluding carboxylic acids is 2. The molecule has 25 heavy (non-hydrogen) atoms. The van der Waals surface area contributed by atoms with Crippen molar-refractivity contribution in [1.82, 2.24) is 19.6 Å². The van der Waals surface area contributed by atoms with Crippen molar-refractivity contribution in [2.24, 2.45) is 5.92 Å². The first-order chi connectivity index (χ1) is 11.8. The van der Waals surface area contributed by atoms with Gasteiger partial charge in [0.1, 0.15) is 5.69 Å². The Morgan fingerprint density at radius 2 is 2.00 bits per heavy atom. The summed E-state index contributed by atoms with van der Waals surface area (Å²) in [6.07, 6.45) is 1.01. The summed E-state index contributed by atoms with van der Waals surface area (Å²) in [5.74, 6) is -1.86. The molecule has 2 aliphatic heterocycles. The predicted octanol–water partition coefficient (Wildman–Crippen LogP) is 0.749. The third kappa shape index (κ3) is 2.69. The largest absolute Gasteiger partial charge is 0.481 e. The smallest absolute Gasteiger partial charge is 0.309 e. The number of carboxylic acids is 1. The van der Waals surface area contributed by atoms with Crippen molar-refractivity contribution in [3.8, 4) is 0 Å². The molecule has 2 saturated heterocycles. The highest BCUT2D eigenvalue weighted by atomic mass is 16.4. The van der Waals surface area contributed by atoms with E-state index < -0.39 is 17.4 Å². The first-order valence-corrected chi connectivity index (χ1v) is 8.63. The van der Waals surface area contributed by atoms with Gasteiger partial charge < -0.3 is 14.9 Å². The van der Waals surface area contributed by atoms with E-state index in [0.717, 1.165) is 5.69 Å². The maximum Gasteiger partial charge on any atom is 0.309 e. The molecule has 0 unspecified atom stereocenters. The van der Waals surface area contributed by atoms with Gasteiger partial charge in [-0.1, -0.05) is 0 Å². The summed E-state index contributed by atoms with van der Waals surface area (Å²) in [6, 6.07) is 1.78. The van der Waals surface area contributed by atoms with Crippen LogP contribution < -0.4 is 0 Å². The molecular weight excluding hydrogens is 324 g/mol. The molecular formula is C17H24N4O4. The molecule has 0 aromatic carbocycles. The number of hydrogen-bond donors (Lipinski definition) is 1. The number of aryl methyl sites for hydroxylation is 2. The number of rotatable bonds is 3. The van der Waals surface area contributed by atoms with Crippen molar-refractivity contribution in [2.45, 2.75) is 45.2 Å². The van der Waals surface area contributed by atoms with Crippen molar-refractivity contribution in [2.75, 3.05) is 20.1 Å². The molecule has 0 aliphatic carbocycles. The Bertz CT molecular complexity index is 718. The molecule has 0 bridgehead atoms. The Labute approximate surface area is 146 Å². The Balaban J connectivity index is 1.78. The summed E-state index contributed by atoms with van der Waals surface area (Å²) in [4.78, 5) is 39.8. The highest BCUT2D eigenvalue weighted by Crippen LogP contribution is 2.43. The maximum absolute atomic E-state index is 12.8. The minimum atomic E-state index is -0.933. The Morgan fingerprint density at radius 1 is 1.36 bits per heavy atom. The molecule has 8 nitrogen and oxygen atoms in total. The van der Waals surface area contributed by atoms with Crippen LogP contribution in [0.3, 0.4) is 0 Å². The molecule has 8 heteroatoms. The predicted molar refractivity (Wildman–Crippen MR) is 89.0 cm³/mol. The average Bonchev–Trinajstić information content (AvgIpc) is 3.08. The van der Waals surface area contributed by atoms with Gasteiger partial charge in [-0.25, -0.2) is 0 Å². The van der Waals surface area contributed by atoms with Crippen LogP contribution in [0.1, 0.15) is 42.4 Å². The fraction of sp³-hybridized carbons (Fsp3) is 0.647. The van der Waals surface area contributed by atoms with Gasteiger partial charge in [-0.15, -0.1) is 0 Å². The minimum absolute atomic E-state index is 0.0432. The van der Waals surface area contributed by atoms with Gasteiger partial charge in [-0.2, -0.15) is 5.10 Å². The molecule has 3 rings (SSSR count). The Morgan fingerprint density at radius 3 is 2.56 bits per heavy atom. The summed E-state index contributed by atoms with van der Waals surface area (Å²) in [7, 11) is 1.68. The van der Waals surface area contributed by atoms with Crippen molar-refractivity contribution < 1.29 is 19.5 Å². The third-order valence-electron chi connectivity index (χ3n) is 5.70. The fourth-order valence-electron chi connectivity index (χ4n) is 4.20. The lowest BCUT2D eigenvalue weighted by molar-refractivity contribution is -0.145. The van der Waals surface area contributed by atoms with Crippen LogP contribution in [0.25, 0.3) is 0 Å². The lowest BCUT2D eigenvalue weighted by Gasteiger charge is -2.45. The Kier molecular flexibility index (Phi) is 4.30. The minimum Gasteiger partial charge on any atom is -0.481 e. The molecule has 1 N–H and O–H groups in total. The molecule has 0 saturated carbocycles. The fourth-order valence-corrected chi connectivity index (χ4v) is 4.20. The van der Waals surface area contributed by atoms with E-state index in [1.54, 1.807) is 27.6 Å². The number of amides is 2. The van der Waals surface area contributed by atoms with E-state index in [2.05, 4.69) is 5.10 Å². The van der Waals surface area contributed by atoms with Gasteiger partial charge in [0.2, 0.25) is 5.91 Å². The first kappa shape index (κ1) is 17.4. The van der Waals surface area contributed by atoms with E-state index in [4.69, 9.17) is 0 Å². The first-order valence-electron chi connectivity index (χ1n) is 8.63. The highest BCUT2D eigenvalue weighted by molar-refractivity contribution is 5.93. The third-order valence-corrected chi connectivity index (χ3v) is 5.70. The van der Waals surface area contributed by atoms with E-state index in [1.165, 1.54) is 0 Å². The molecule has 2 aliphatic rings. The van der Waals surface area contributed by atoms with Crippen LogP contribution in [-0.4, -0.2) is 68.1 Å². The maximum atomic E-state index is 12.8. The quantitative estimate of drug-likeness (QED) is 0.869. The highest BCUT2D eigenvalue weighted by Gasteiger charge is 2.55. The second-order valence-electron chi connectivity index (χ2n) is 6.93. The van der Waals surface area contributed by atoms with Crippen molar-refractivity contribution in [3.05, 3.63) is 17.5 Å². The standard InChI is InChI=1S/C17H24N4O4/c1-4-21-13(9-11(2)18-21)15(23)20-7-5-17(6-8-20)12(16(24)25)10-14(22)19(17)3/h9,12H,4-8,10H2,1-3H3,(H,24,25)/t12-/m1/s1. The molecule has 1 spiro atoms. The molecule has 0 radical (unpaired) electrons. The van der Waals surface area contributed by atoms with Crippen molar-refractivity contribution in [1.29, 1.82) is 0 Å². The lowest BCUT2D eigenvalue weighted by atomic mass is 9.77. The van der Waals surface area contributed by atoms with Gasteiger partial charge in [0.05, 0.1) is 17.2 Å². The number of nitrogens with zero attached hydrogens (tertiary/aromatic N) is 4. The summed E-state index contributed by atoms with van der Waals surface area (Å²) in [6.45, 7) is 5.28. The Hall–Kier alpha value is -2.38. The van der Waals surface area contributed by atoms with E-state index in [1.807, 2.05) is 13.8 Å². The number of aromatic nitrogens is 2. The number of hydrogen-bond acceptors (Lipinski definition) is 4. The van der Waals surface area contributed by atoms with E-state index in [0.29, 0.717) is 38.2 Å². The van der Waals surface area contributed by atoms with Crippen LogP contribution in [0, 0.1) is 12.8 Å². The van der Waals surface area contributed by atoms with Crippen molar-refractivity contribution >= 4 is 17.8 Å². The summed E-state index contributed by atoms with van der Waals surface area (Å²) >= 11 is 0. The second kappa shape index (κ2) is 6.16. The number of likely N-dealkylation sites (tertiary alicyclic amines) is 2. The van der Waals surface area contributed by atoms with Crippen LogP contribution in [0.4, 0.5) is 0 Å². The topological polar surface area (TPSA) is 95.7 Å². The van der Waals surface area contributed by atoms with E-state index in [9.17, 15) is 19.5 Å². The monoisotopic (exact) mass is 348 g/mol. The number of carbonyl (C=O) groups is 3. The van der Waals surface area contributed by atoms with Crippen LogP contribution in [-0.2, 0) is 16.1 Å². The summed E-state index contributed by atoms with van der Waals surface area (Å²) in [5.41, 5.74) is 0.674. The zero-order valence-corrected chi connectivity index (χ0v) is 14.9. The molecule has 1 aromatic heterocycles. The van der Waals surface area contributed by atoms with Gasteiger partial charge in [-0.05, 0) is 32.8 Å². The van der Waals surface area contributed by atoms with Crippen LogP contribution in [0.5, 0.6) is 0 Å². The van der Waals surface area contributed by atoms with Gasteiger partial charge in [0, 0.05) is 33.1 Å². The van der Waals surface area contributed by atoms with Gasteiger partial charge in [-0.3, -0.25) is 19.1 Å². The zero-order chi connectivity index (χ0) is 18.4. The van der Waals surface area contributed by atoms with Crippen molar-refractivity contribution in [3.63, 3.8) is 0 Å². The normalized spacial score (nSPS) is 22.7. The molecule has 2 amide bonds. The molecule has 3 heterocycles. The van der Waals surface area contributed by atoms with Gasteiger partial charge in [0.25, 0.3) is 5.91 Å². The summed E-state index contributed by atoms with van der Waals surface area (Å²) in [5, 5.41) is 13.8. The molecule has 1 aromatic rings. The van der Waals surface area contributed by atoms with Crippen LogP contribution >= 0.6 is 0 Å². The van der Waals surface area contributed by atoms with Crippen LogP contribution in [0.15, 0.2) is 6.07 Å². The lowest BCUT2D eigenvalue weighted by Crippen LogP contribution is -2.57.